The number of carbonyl (C=O) groups is 2. The molecule has 3 heterocycles. The van der Waals surface area contributed by atoms with E-state index in [4.69, 9.17) is 4.98 Å². The Morgan fingerprint density at radius 2 is 1.68 bits per heavy atom. The molecule has 0 bridgehead atoms. The van der Waals surface area contributed by atoms with Crippen molar-refractivity contribution in [2.75, 3.05) is 33.9 Å². The zero-order chi connectivity index (χ0) is 30.6. The molecule has 0 unspecified atom stereocenters. The maximum absolute atomic E-state index is 13.8. The lowest BCUT2D eigenvalue weighted by Crippen LogP contribution is -2.32. The molecule has 5 aromatic rings. The largest absolute Gasteiger partial charge is 0.371 e. The molecule has 1 aliphatic heterocycles. The van der Waals surface area contributed by atoms with Crippen LogP contribution in [0, 0.1) is 11.7 Å². The smallest absolute Gasteiger partial charge is 0.276 e. The average molecular weight is 591 g/mol. The Labute approximate surface area is 253 Å². The van der Waals surface area contributed by atoms with Crippen molar-refractivity contribution in [1.82, 2.24) is 20.2 Å². The first-order valence-electron chi connectivity index (χ1n) is 14.3. The van der Waals surface area contributed by atoms with E-state index in [2.05, 4.69) is 61.7 Å². The van der Waals surface area contributed by atoms with Crippen LogP contribution in [0.3, 0.4) is 0 Å². The number of nitrogens with zero attached hydrogens (tertiary/aromatic N) is 4. The van der Waals surface area contributed by atoms with Gasteiger partial charge in [-0.15, -0.1) is 0 Å². The lowest BCUT2D eigenvalue weighted by atomic mass is 9.99. The summed E-state index contributed by atoms with van der Waals surface area (Å²) in [5.41, 5.74) is 4.10. The third-order valence-electron chi connectivity index (χ3n) is 7.56. The van der Waals surface area contributed by atoms with Crippen molar-refractivity contribution in [3.05, 3.63) is 97.0 Å². The molecule has 0 aliphatic carbocycles. The van der Waals surface area contributed by atoms with Gasteiger partial charge in [-0.3, -0.25) is 14.7 Å². The summed E-state index contributed by atoms with van der Waals surface area (Å²) in [6.07, 6.45) is 3.49. The summed E-state index contributed by atoms with van der Waals surface area (Å²) in [5.74, 6) is -0.388. The van der Waals surface area contributed by atoms with Gasteiger partial charge in [-0.2, -0.15) is 10.1 Å². The number of hydrogen-bond donors (Lipinski definition) is 4. The number of hydrogen-bond acceptors (Lipinski definition) is 7. The van der Waals surface area contributed by atoms with Crippen molar-refractivity contribution in [3.8, 4) is 11.3 Å². The van der Waals surface area contributed by atoms with Gasteiger partial charge in [0.2, 0.25) is 11.9 Å². The van der Waals surface area contributed by atoms with Crippen LogP contribution in [0.2, 0.25) is 0 Å². The summed E-state index contributed by atoms with van der Waals surface area (Å²) < 4.78 is 13.8. The van der Waals surface area contributed by atoms with Crippen LogP contribution in [0.5, 0.6) is 0 Å². The van der Waals surface area contributed by atoms with Crippen LogP contribution in [-0.4, -0.2) is 45.1 Å². The van der Waals surface area contributed by atoms with E-state index in [0.29, 0.717) is 28.0 Å². The number of carbonyl (C=O) groups excluding carboxylic acids is 2. The highest BCUT2D eigenvalue weighted by Crippen LogP contribution is 2.32. The Balaban J connectivity index is 1.39. The minimum absolute atomic E-state index is 0.0349. The molecule has 4 N–H and O–H groups in total. The number of nitrogens with one attached hydrogen (secondary N) is 4. The Morgan fingerprint density at radius 1 is 0.955 bits per heavy atom. The molecule has 0 radical (unpaired) electrons. The third kappa shape index (κ3) is 6.26. The van der Waals surface area contributed by atoms with Gasteiger partial charge in [-0.1, -0.05) is 37.8 Å². The lowest BCUT2D eigenvalue weighted by molar-refractivity contribution is -0.111. The van der Waals surface area contributed by atoms with Crippen molar-refractivity contribution in [2.45, 2.75) is 19.8 Å². The van der Waals surface area contributed by atoms with E-state index >= 15 is 0 Å². The molecule has 0 atom stereocenters. The zero-order valence-electron chi connectivity index (χ0n) is 24.1. The second-order valence-corrected chi connectivity index (χ2v) is 10.8. The predicted molar refractivity (Wildman–Crippen MR) is 171 cm³/mol. The number of halogens is 1. The Bertz CT molecular complexity index is 1860. The molecule has 10 nitrogen and oxygen atoms in total. The first kappa shape index (κ1) is 28.5. The summed E-state index contributed by atoms with van der Waals surface area (Å²) >= 11 is 0. The number of piperidine rings is 1. The predicted octanol–water partition coefficient (Wildman–Crippen LogP) is 6.52. The molecule has 1 fully saturated rings. The van der Waals surface area contributed by atoms with Gasteiger partial charge >= 0.3 is 0 Å². The van der Waals surface area contributed by atoms with Crippen LogP contribution in [0.4, 0.5) is 33.1 Å². The van der Waals surface area contributed by atoms with E-state index in [1.165, 1.54) is 24.3 Å². The topological polar surface area (TPSA) is 128 Å². The van der Waals surface area contributed by atoms with Crippen LogP contribution in [0.25, 0.3) is 22.3 Å². The second-order valence-electron chi connectivity index (χ2n) is 10.8. The number of anilines is 5. The molecule has 2 aromatic heterocycles. The molecule has 11 heteroatoms. The molecule has 6 rings (SSSR count). The van der Waals surface area contributed by atoms with E-state index in [0.717, 1.165) is 43.2 Å². The normalized spacial score (nSPS) is 13.5. The van der Waals surface area contributed by atoms with Gasteiger partial charge in [0.1, 0.15) is 5.82 Å². The van der Waals surface area contributed by atoms with E-state index in [1.807, 2.05) is 18.2 Å². The molecular weight excluding hydrogens is 559 g/mol. The molecule has 222 valence electrons. The molecular formula is C33H31FN8O2. The van der Waals surface area contributed by atoms with E-state index in [1.54, 1.807) is 24.3 Å². The standard InChI is InChI=1S/C33H31FN8O2/c1-3-27(43)35-23-9-4-7-21(17-23)29-28-30(32(44)36-24-10-5-8-22(34)18-24)40-41-31(28)39-33(38-29)37-25-11-6-12-26(19-25)42-15-13-20(2)14-16-42/h3-12,17-20H,1,13-16H2,2H3,(H,35,43)(H,36,44)(H2,37,38,39,40,41). The third-order valence-corrected chi connectivity index (χ3v) is 7.56. The van der Waals surface area contributed by atoms with Gasteiger partial charge in [0.25, 0.3) is 5.91 Å². The molecule has 2 amide bonds. The van der Waals surface area contributed by atoms with E-state index in [9.17, 15) is 14.0 Å². The summed E-state index contributed by atoms with van der Waals surface area (Å²) in [5, 5.41) is 16.2. The fourth-order valence-electron chi connectivity index (χ4n) is 5.23. The number of aromatic amines is 1. The molecule has 1 saturated heterocycles. The summed E-state index contributed by atoms with van der Waals surface area (Å²) in [7, 11) is 0. The van der Waals surface area contributed by atoms with Crippen molar-refractivity contribution in [3.63, 3.8) is 0 Å². The number of fused-ring (bicyclic) bond motifs is 1. The molecule has 3 aromatic carbocycles. The molecule has 0 spiro atoms. The number of aromatic nitrogens is 4. The minimum Gasteiger partial charge on any atom is -0.371 e. The maximum atomic E-state index is 13.8. The fraction of sp³-hybridized carbons (Fsp3) is 0.182. The van der Waals surface area contributed by atoms with Gasteiger partial charge in [0.15, 0.2) is 11.3 Å². The zero-order valence-corrected chi connectivity index (χ0v) is 24.1. The van der Waals surface area contributed by atoms with Crippen LogP contribution < -0.4 is 20.9 Å². The van der Waals surface area contributed by atoms with E-state index in [-0.39, 0.29) is 23.2 Å². The summed E-state index contributed by atoms with van der Waals surface area (Å²) in [6.45, 7) is 7.80. The van der Waals surface area contributed by atoms with Crippen molar-refractivity contribution in [1.29, 1.82) is 0 Å². The molecule has 44 heavy (non-hydrogen) atoms. The SMILES string of the molecule is C=CC(=O)Nc1cccc(-c2nc(Nc3cccc(N4CCC(C)CC4)c3)nc3[nH]nc(C(=O)Nc4cccc(F)c4)c23)c1. The average Bonchev–Trinajstić information content (AvgIpc) is 3.45. The fourth-order valence-corrected chi connectivity index (χ4v) is 5.23. The van der Waals surface area contributed by atoms with Crippen molar-refractivity contribution >= 4 is 51.5 Å². The highest BCUT2D eigenvalue weighted by Gasteiger charge is 2.23. The lowest BCUT2D eigenvalue weighted by Gasteiger charge is -2.32. The number of H-pyrrole nitrogens is 1. The minimum atomic E-state index is -0.563. The molecule has 1 aliphatic rings. The first-order valence-corrected chi connectivity index (χ1v) is 14.3. The quantitative estimate of drug-likeness (QED) is 0.152. The summed E-state index contributed by atoms with van der Waals surface area (Å²) in [6, 6.07) is 20.8. The second kappa shape index (κ2) is 12.3. The van der Waals surface area contributed by atoms with Gasteiger partial charge < -0.3 is 20.9 Å². The Hall–Kier alpha value is -5.58. The highest BCUT2D eigenvalue weighted by molar-refractivity contribution is 6.14. The van der Waals surface area contributed by atoms with Crippen LogP contribution in [0.1, 0.15) is 30.3 Å². The first-order chi connectivity index (χ1) is 21.4. The van der Waals surface area contributed by atoms with Crippen LogP contribution in [-0.2, 0) is 4.79 Å². The van der Waals surface area contributed by atoms with Crippen molar-refractivity contribution in [2.24, 2.45) is 5.92 Å². The highest BCUT2D eigenvalue weighted by atomic mass is 19.1. The number of benzene rings is 3. The molecule has 0 saturated carbocycles. The van der Waals surface area contributed by atoms with Crippen molar-refractivity contribution < 1.29 is 14.0 Å². The van der Waals surface area contributed by atoms with Gasteiger partial charge in [-0.05, 0) is 73.4 Å². The van der Waals surface area contributed by atoms with Gasteiger partial charge in [0.05, 0.1) is 11.1 Å². The number of rotatable bonds is 8. The Kier molecular flexibility index (Phi) is 8.00. The van der Waals surface area contributed by atoms with Gasteiger partial charge in [0, 0.05) is 41.4 Å². The van der Waals surface area contributed by atoms with Gasteiger partial charge in [-0.25, -0.2) is 9.37 Å². The summed E-state index contributed by atoms with van der Waals surface area (Å²) in [4.78, 5) is 37.2. The van der Waals surface area contributed by atoms with E-state index < -0.39 is 11.7 Å². The maximum Gasteiger partial charge on any atom is 0.276 e. The van der Waals surface area contributed by atoms with Crippen LogP contribution >= 0.6 is 0 Å². The monoisotopic (exact) mass is 590 g/mol. The number of amides is 2. The Morgan fingerprint density at radius 3 is 2.45 bits per heavy atom. The van der Waals surface area contributed by atoms with Crippen LogP contribution in [0.15, 0.2) is 85.5 Å².